The second kappa shape index (κ2) is 7.25. The minimum absolute atomic E-state index is 0.0971. The summed E-state index contributed by atoms with van der Waals surface area (Å²) in [6, 6.07) is 9.59. The molecule has 132 valence electrons. The number of rotatable bonds is 6. The van der Waals surface area contributed by atoms with Crippen LogP contribution in [-0.4, -0.2) is 30.4 Å². The van der Waals surface area contributed by atoms with E-state index in [-0.39, 0.29) is 18.4 Å². The van der Waals surface area contributed by atoms with Gasteiger partial charge in [0.05, 0.1) is 6.54 Å². The van der Waals surface area contributed by atoms with E-state index in [2.05, 4.69) is 4.98 Å². The van der Waals surface area contributed by atoms with Crippen molar-refractivity contribution < 1.29 is 5.11 Å². The maximum Gasteiger partial charge on any atom is 0.332 e. The van der Waals surface area contributed by atoms with Gasteiger partial charge in [0.1, 0.15) is 0 Å². The summed E-state index contributed by atoms with van der Waals surface area (Å²) in [6.07, 6.45) is 0.324. The highest BCUT2D eigenvalue weighted by molar-refractivity contribution is 6.29. The van der Waals surface area contributed by atoms with E-state index in [1.807, 2.05) is 37.3 Å². The second-order valence-corrected chi connectivity index (χ2v) is 6.02. The molecule has 25 heavy (non-hydrogen) atoms. The number of nitrogens with zero attached hydrogens (tertiary/aromatic N) is 4. The van der Waals surface area contributed by atoms with Gasteiger partial charge < -0.3 is 9.67 Å². The van der Waals surface area contributed by atoms with Crippen LogP contribution in [0.2, 0.25) is 5.28 Å². The molecular weight excluding hydrogens is 344 g/mol. The van der Waals surface area contributed by atoms with E-state index in [1.54, 1.807) is 4.57 Å². The number of hydrogen-bond donors (Lipinski definition) is 1. The van der Waals surface area contributed by atoms with E-state index in [0.29, 0.717) is 30.7 Å². The highest BCUT2D eigenvalue weighted by Gasteiger charge is 2.20. The monoisotopic (exact) mass is 362 g/mol. The summed E-state index contributed by atoms with van der Waals surface area (Å²) < 4.78 is 4.19. The maximum atomic E-state index is 12.9. The van der Waals surface area contributed by atoms with Crippen molar-refractivity contribution in [2.75, 3.05) is 6.61 Å². The summed E-state index contributed by atoms with van der Waals surface area (Å²) in [7, 11) is 0. The van der Waals surface area contributed by atoms with Crippen molar-refractivity contribution in [3.05, 3.63) is 62.0 Å². The van der Waals surface area contributed by atoms with E-state index >= 15 is 0 Å². The first-order valence-electron chi connectivity index (χ1n) is 8.12. The summed E-state index contributed by atoms with van der Waals surface area (Å²) in [5.41, 5.74) is 0.689. The van der Waals surface area contributed by atoms with Gasteiger partial charge in [-0.25, -0.2) is 4.79 Å². The fourth-order valence-electron chi connectivity index (χ4n) is 2.89. The van der Waals surface area contributed by atoms with Crippen LogP contribution in [0, 0.1) is 0 Å². The zero-order valence-corrected chi connectivity index (χ0v) is 14.6. The van der Waals surface area contributed by atoms with Gasteiger partial charge in [-0.2, -0.15) is 4.98 Å². The summed E-state index contributed by atoms with van der Waals surface area (Å²) in [6.45, 7) is 2.62. The Morgan fingerprint density at radius 3 is 2.48 bits per heavy atom. The van der Waals surface area contributed by atoms with Gasteiger partial charge in [-0.15, -0.1) is 0 Å². The fraction of sp³-hybridized carbons (Fsp3) is 0.353. The molecule has 1 N–H and O–H groups in total. The summed E-state index contributed by atoms with van der Waals surface area (Å²) in [5, 5.41) is 9.20. The van der Waals surface area contributed by atoms with E-state index in [9.17, 15) is 9.59 Å². The Kier molecular flexibility index (Phi) is 5.06. The number of aromatic nitrogens is 4. The van der Waals surface area contributed by atoms with Crippen LogP contribution in [0.4, 0.5) is 0 Å². The van der Waals surface area contributed by atoms with E-state index in [4.69, 9.17) is 16.7 Å². The van der Waals surface area contributed by atoms with E-state index in [0.717, 1.165) is 10.1 Å². The molecule has 0 unspecified atom stereocenters. The van der Waals surface area contributed by atoms with Gasteiger partial charge in [-0.05, 0) is 30.5 Å². The molecule has 3 rings (SSSR count). The molecule has 2 aromatic heterocycles. The van der Waals surface area contributed by atoms with E-state index in [1.165, 1.54) is 4.57 Å². The Balaban J connectivity index is 2.26. The van der Waals surface area contributed by atoms with Crippen molar-refractivity contribution >= 4 is 22.8 Å². The van der Waals surface area contributed by atoms with Gasteiger partial charge in [0.25, 0.3) is 5.56 Å². The molecular formula is C17H19ClN4O3. The lowest BCUT2D eigenvalue weighted by Crippen LogP contribution is -2.40. The molecule has 0 aliphatic heterocycles. The van der Waals surface area contributed by atoms with Crippen molar-refractivity contribution in [2.45, 2.75) is 33.0 Å². The smallest absolute Gasteiger partial charge is 0.332 e. The first-order chi connectivity index (χ1) is 12.1. The molecule has 0 atom stereocenters. The molecule has 1 aromatic carbocycles. The lowest BCUT2D eigenvalue weighted by molar-refractivity contribution is 0.277. The molecule has 0 aliphatic rings. The molecule has 0 radical (unpaired) electrons. The third-order valence-corrected chi connectivity index (χ3v) is 4.40. The molecule has 3 aromatic rings. The molecule has 0 saturated carbocycles. The number of hydrogen-bond acceptors (Lipinski definition) is 4. The van der Waals surface area contributed by atoms with Crippen molar-refractivity contribution in [3.8, 4) is 0 Å². The number of fused-ring (bicyclic) bond motifs is 1. The average Bonchev–Trinajstić information content (AvgIpc) is 2.92. The van der Waals surface area contributed by atoms with Crippen molar-refractivity contribution in [3.63, 3.8) is 0 Å². The number of imidazole rings is 1. The van der Waals surface area contributed by atoms with Gasteiger partial charge in [-0.1, -0.05) is 30.3 Å². The highest BCUT2D eigenvalue weighted by atomic mass is 35.5. The largest absolute Gasteiger partial charge is 0.396 e. The Morgan fingerprint density at radius 1 is 1.12 bits per heavy atom. The van der Waals surface area contributed by atoms with Crippen LogP contribution in [0.25, 0.3) is 11.2 Å². The molecule has 0 spiro atoms. The van der Waals surface area contributed by atoms with Gasteiger partial charge in [0.15, 0.2) is 11.2 Å². The molecule has 0 aliphatic carbocycles. The topological polar surface area (TPSA) is 82.0 Å². The zero-order chi connectivity index (χ0) is 18.0. The number of halogens is 1. The Bertz CT molecular complexity index is 1000. The normalized spacial score (nSPS) is 11.3. The Morgan fingerprint density at radius 2 is 1.84 bits per heavy atom. The van der Waals surface area contributed by atoms with Crippen LogP contribution in [0.1, 0.15) is 18.9 Å². The number of benzene rings is 1. The zero-order valence-electron chi connectivity index (χ0n) is 13.9. The third-order valence-electron chi connectivity index (χ3n) is 4.11. The van der Waals surface area contributed by atoms with Crippen LogP contribution in [-0.2, 0) is 19.6 Å². The predicted molar refractivity (Wildman–Crippen MR) is 96.2 cm³/mol. The SMILES string of the molecule is CCn1c(=O)n(CCCO)c(=O)c2c1nc(Cl)n2Cc1ccccc1. The Labute approximate surface area is 148 Å². The lowest BCUT2D eigenvalue weighted by atomic mass is 10.2. The molecule has 0 saturated heterocycles. The first-order valence-corrected chi connectivity index (χ1v) is 8.50. The quantitative estimate of drug-likeness (QED) is 0.673. The highest BCUT2D eigenvalue weighted by Crippen LogP contribution is 2.18. The van der Waals surface area contributed by atoms with E-state index < -0.39 is 11.2 Å². The molecule has 0 bridgehead atoms. The van der Waals surface area contributed by atoms with Gasteiger partial charge >= 0.3 is 5.69 Å². The maximum absolute atomic E-state index is 12.9. The lowest BCUT2D eigenvalue weighted by Gasteiger charge is -2.11. The van der Waals surface area contributed by atoms with Gasteiger partial charge in [0.2, 0.25) is 5.28 Å². The average molecular weight is 363 g/mol. The predicted octanol–water partition coefficient (Wildman–Crippen LogP) is 1.46. The van der Waals surface area contributed by atoms with Crippen LogP contribution >= 0.6 is 11.6 Å². The minimum Gasteiger partial charge on any atom is -0.396 e. The van der Waals surface area contributed by atoms with Gasteiger partial charge in [-0.3, -0.25) is 13.9 Å². The summed E-state index contributed by atoms with van der Waals surface area (Å²) in [5.74, 6) is 0. The van der Waals surface area contributed by atoms with Crippen molar-refractivity contribution in [1.82, 2.24) is 18.7 Å². The number of aliphatic hydroxyl groups excluding tert-OH is 1. The summed E-state index contributed by atoms with van der Waals surface area (Å²) >= 11 is 6.28. The third kappa shape index (κ3) is 3.12. The molecule has 2 heterocycles. The van der Waals surface area contributed by atoms with Gasteiger partial charge in [0, 0.05) is 19.7 Å². The number of aliphatic hydroxyl groups is 1. The van der Waals surface area contributed by atoms with Crippen LogP contribution in [0.5, 0.6) is 0 Å². The Hall–Kier alpha value is -2.38. The van der Waals surface area contributed by atoms with Crippen molar-refractivity contribution in [2.24, 2.45) is 0 Å². The van der Waals surface area contributed by atoms with Crippen LogP contribution in [0.3, 0.4) is 0 Å². The summed E-state index contributed by atoms with van der Waals surface area (Å²) in [4.78, 5) is 29.7. The second-order valence-electron chi connectivity index (χ2n) is 5.69. The van der Waals surface area contributed by atoms with Crippen LogP contribution in [0.15, 0.2) is 39.9 Å². The first kappa shape index (κ1) is 17.4. The minimum atomic E-state index is -0.437. The number of aryl methyl sites for hydroxylation is 1. The fourth-order valence-corrected chi connectivity index (χ4v) is 3.11. The van der Waals surface area contributed by atoms with Crippen LogP contribution < -0.4 is 11.2 Å². The molecule has 8 heteroatoms. The standard InChI is InChI=1S/C17H19ClN4O3/c1-2-20-14-13(15(24)21(17(20)25)9-6-10-23)22(16(18)19-14)11-12-7-4-3-5-8-12/h3-5,7-8,23H,2,6,9-11H2,1H3. The van der Waals surface area contributed by atoms with Crippen molar-refractivity contribution in [1.29, 1.82) is 0 Å². The molecule has 0 fully saturated rings. The molecule has 0 amide bonds. The molecule has 7 nitrogen and oxygen atoms in total.